The minimum atomic E-state index is 0.616. The molecule has 0 saturated carbocycles. The highest BCUT2D eigenvalue weighted by Crippen LogP contribution is 2.31. The molecule has 0 bridgehead atoms. The molecule has 0 radical (unpaired) electrons. The van der Waals surface area contributed by atoms with Gasteiger partial charge in [-0.3, -0.25) is 4.57 Å². The van der Waals surface area contributed by atoms with Crippen molar-refractivity contribution in [1.82, 2.24) is 14.9 Å². The maximum Gasteiger partial charge on any atom is 0.210 e. The van der Waals surface area contributed by atoms with Crippen LogP contribution in [0.3, 0.4) is 0 Å². The third-order valence-corrected chi connectivity index (χ3v) is 4.36. The van der Waals surface area contributed by atoms with E-state index in [0.717, 1.165) is 31.5 Å². The third-order valence-electron chi connectivity index (χ3n) is 4.36. The van der Waals surface area contributed by atoms with Gasteiger partial charge in [-0.1, -0.05) is 18.2 Å². The highest BCUT2D eigenvalue weighted by atomic mass is 15.4. The monoisotopic (exact) mass is 254 g/mol. The molecule has 19 heavy (non-hydrogen) atoms. The number of benzene rings is 1. The largest absolute Gasteiger partial charge is 0.337 e. The first-order valence-corrected chi connectivity index (χ1v) is 6.99. The Morgan fingerprint density at radius 2 is 2.05 bits per heavy atom. The van der Waals surface area contributed by atoms with Crippen LogP contribution in [0.5, 0.6) is 0 Å². The van der Waals surface area contributed by atoms with Crippen LogP contribution in [0.2, 0.25) is 0 Å². The predicted octanol–water partition coefficient (Wildman–Crippen LogP) is 1.67. The normalized spacial score (nSPS) is 25.8. The van der Waals surface area contributed by atoms with Crippen LogP contribution >= 0.6 is 0 Å². The van der Waals surface area contributed by atoms with Crippen molar-refractivity contribution in [3.63, 3.8) is 0 Å². The molecule has 4 heteroatoms. The number of fused-ring (bicyclic) bond motifs is 1. The summed E-state index contributed by atoms with van der Waals surface area (Å²) in [5.41, 5.74) is 1.18. The lowest BCUT2D eigenvalue weighted by atomic mass is 10.1. The molecule has 2 aromatic rings. The first kappa shape index (κ1) is 11.1. The molecule has 98 valence electrons. The second-order valence-corrected chi connectivity index (χ2v) is 5.40. The van der Waals surface area contributed by atoms with E-state index in [0.29, 0.717) is 6.04 Å². The van der Waals surface area contributed by atoms with Gasteiger partial charge < -0.3 is 10.2 Å². The van der Waals surface area contributed by atoms with E-state index in [2.05, 4.69) is 50.2 Å². The van der Waals surface area contributed by atoms with Gasteiger partial charge in [-0.15, -0.1) is 0 Å². The van der Waals surface area contributed by atoms with Crippen LogP contribution in [-0.4, -0.2) is 35.2 Å². The Morgan fingerprint density at radius 1 is 1.16 bits per heavy atom. The van der Waals surface area contributed by atoms with E-state index in [-0.39, 0.29) is 0 Å². The molecule has 2 saturated heterocycles. The summed E-state index contributed by atoms with van der Waals surface area (Å²) in [5.74, 6) is 1.88. The Bertz CT molecular complexity index is 563. The highest BCUT2D eigenvalue weighted by molar-refractivity contribution is 5.45. The molecule has 2 aliphatic heterocycles. The van der Waals surface area contributed by atoms with Crippen molar-refractivity contribution in [2.75, 3.05) is 24.5 Å². The molecule has 1 N–H and O–H groups in total. The fourth-order valence-electron chi connectivity index (χ4n) is 3.40. The predicted molar refractivity (Wildman–Crippen MR) is 75.7 cm³/mol. The standard InChI is InChI=1S/C15H18N4/c1-2-4-13(5-3-1)18-9-7-17-15(18)19-8-6-12-10-16-11-14(12)19/h1-5,7,9,12,14,16H,6,8,10-11H2/t12-,14+/m0/s1. The van der Waals surface area contributed by atoms with Crippen molar-refractivity contribution >= 4 is 5.95 Å². The number of hydrogen-bond acceptors (Lipinski definition) is 3. The molecule has 0 aliphatic carbocycles. The Kier molecular flexibility index (Phi) is 2.55. The van der Waals surface area contributed by atoms with Crippen molar-refractivity contribution in [3.05, 3.63) is 42.7 Å². The summed E-state index contributed by atoms with van der Waals surface area (Å²) >= 11 is 0. The average Bonchev–Trinajstić information content (AvgIpc) is 3.15. The molecule has 2 atom stereocenters. The van der Waals surface area contributed by atoms with Gasteiger partial charge >= 0.3 is 0 Å². The Morgan fingerprint density at radius 3 is 2.95 bits per heavy atom. The lowest BCUT2D eigenvalue weighted by Gasteiger charge is -2.25. The number of aromatic nitrogens is 2. The van der Waals surface area contributed by atoms with E-state index in [9.17, 15) is 0 Å². The quantitative estimate of drug-likeness (QED) is 0.885. The van der Waals surface area contributed by atoms with Crippen LogP contribution < -0.4 is 10.2 Å². The van der Waals surface area contributed by atoms with Crippen LogP contribution in [0.25, 0.3) is 5.69 Å². The van der Waals surface area contributed by atoms with Crippen molar-refractivity contribution in [3.8, 4) is 5.69 Å². The lowest BCUT2D eigenvalue weighted by Crippen LogP contribution is -2.35. The van der Waals surface area contributed by atoms with E-state index >= 15 is 0 Å². The lowest BCUT2D eigenvalue weighted by molar-refractivity contribution is 0.575. The molecular weight excluding hydrogens is 236 g/mol. The number of nitrogens with one attached hydrogen (secondary N) is 1. The molecule has 0 amide bonds. The molecule has 0 unspecified atom stereocenters. The van der Waals surface area contributed by atoms with Gasteiger partial charge in [-0.2, -0.15) is 0 Å². The number of nitrogens with zero attached hydrogens (tertiary/aromatic N) is 3. The van der Waals surface area contributed by atoms with Crippen molar-refractivity contribution in [2.45, 2.75) is 12.5 Å². The average molecular weight is 254 g/mol. The molecule has 2 aliphatic rings. The minimum absolute atomic E-state index is 0.616. The summed E-state index contributed by atoms with van der Waals surface area (Å²) in [6.45, 7) is 3.38. The number of para-hydroxylation sites is 1. The summed E-state index contributed by atoms with van der Waals surface area (Å²) in [5, 5.41) is 3.50. The fraction of sp³-hybridized carbons (Fsp3) is 0.400. The van der Waals surface area contributed by atoms with Crippen molar-refractivity contribution in [1.29, 1.82) is 0 Å². The number of rotatable bonds is 2. The number of anilines is 1. The summed E-state index contributed by atoms with van der Waals surface area (Å²) in [6, 6.07) is 11.1. The van der Waals surface area contributed by atoms with Gasteiger partial charge in [0.05, 0.1) is 0 Å². The first-order valence-electron chi connectivity index (χ1n) is 6.99. The van der Waals surface area contributed by atoms with Gasteiger partial charge in [0.15, 0.2) is 0 Å². The van der Waals surface area contributed by atoms with Gasteiger partial charge in [-0.25, -0.2) is 4.98 Å². The Hall–Kier alpha value is -1.81. The van der Waals surface area contributed by atoms with Crippen LogP contribution in [0, 0.1) is 5.92 Å². The van der Waals surface area contributed by atoms with Crippen LogP contribution in [0.15, 0.2) is 42.7 Å². The molecular formula is C15H18N4. The zero-order valence-corrected chi connectivity index (χ0v) is 10.9. The van der Waals surface area contributed by atoms with Gasteiger partial charge in [-0.05, 0) is 24.5 Å². The number of imidazole rings is 1. The van der Waals surface area contributed by atoms with Crippen LogP contribution in [0.1, 0.15) is 6.42 Å². The summed E-state index contributed by atoms with van der Waals surface area (Å²) in [7, 11) is 0. The van der Waals surface area contributed by atoms with Gasteiger partial charge in [0.2, 0.25) is 5.95 Å². The summed E-state index contributed by atoms with van der Waals surface area (Å²) < 4.78 is 2.20. The van der Waals surface area contributed by atoms with Crippen LogP contribution in [0.4, 0.5) is 5.95 Å². The zero-order valence-electron chi connectivity index (χ0n) is 10.9. The van der Waals surface area contributed by atoms with E-state index < -0.39 is 0 Å². The molecule has 0 spiro atoms. The molecule has 1 aromatic carbocycles. The van der Waals surface area contributed by atoms with Gasteiger partial charge in [0, 0.05) is 43.8 Å². The Balaban J connectivity index is 1.71. The fourth-order valence-corrected chi connectivity index (χ4v) is 3.40. The Labute approximate surface area is 113 Å². The topological polar surface area (TPSA) is 33.1 Å². The molecule has 4 rings (SSSR count). The second-order valence-electron chi connectivity index (χ2n) is 5.40. The van der Waals surface area contributed by atoms with Gasteiger partial charge in [0.25, 0.3) is 0 Å². The minimum Gasteiger partial charge on any atom is -0.337 e. The molecule has 1 aromatic heterocycles. The summed E-state index contributed by atoms with van der Waals surface area (Å²) in [4.78, 5) is 7.07. The van der Waals surface area contributed by atoms with Crippen molar-refractivity contribution < 1.29 is 0 Å². The number of hydrogen-bond donors (Lipinski definition) is 1. The maximum atomic E-state index is 4.60. The third kappa shape index (κ3) is 1.75. The van der Waals surface area contributed by atoms with E-state index in [1.54, 1.807) is 0 Å². The molecule has 4 nitrogen and oxygen atoms in total. The van der Waals surface area contributed by atoms with Gasteiger partial charge in [0.1, 0.15) is 0 Å². The zero-order chi connectivity index (χ0) is 12.7. The van der Waals surface area contributed by atoms with E-state index in [4.69, 9.17) is 0 Å². The van der Waals surface area contributed by atoms with E-state index in [1.807, 2.05) is 12.3 Å². The smallest absolute Gasteiger partial charge is 0.210 e. The SMILES string of the molecule is c1ccc(-n2ccnc2N2CC[C@H]3CNC[C@H]32)cc1. The summed E-state index contributed by atoms with van der Waals surface area (Å²) in [6.07, 6.45) is 5.23. The second kappa shape index (κ2) is 4.38. The van der Waals surface area contributed by atoms with Crippen LogP contribution in [-0.2, 0) is 0 Å². The van der Waals surface area contributed by atoms with E-state index in [1.165, 1.54) is 12.1 Å². The maximum absolute atomic E-state index is 4.60. The first-order chi connectivity index (χ1) is 9.43. The molecule has 3 heterocycles. The highest BCUT2D eigenvalue weighted by Gasteiger charge is 2.39. The molecule has 2 fully saturated rings. The van der Waals surface area contributed by atoms with Crippen molar-refractivity contribution in [2.24, 2.45) is 5.92 Å².